The zero-order valence-electron chi connectivity index (χ0n) is 26.1. The molecule has 2 aromatic rings. The first-order valence-electron chi connectivity index (χ1n) is 15.8. The minimum atomic E-state index is -1.36. The molecule has 238 valence electrons. The Labute approximate surface area is 259 Å². The van der Waals surface area contributed by atoms with E-state index in [1.807, 2.05) is 0 Å². The van der Waals surface area contributed by atoms with E-state index in [2.05, 4.69) is 6.92 Å². The minimum absolute atomic E-state index is 0.0893. The minimum Gasteiger partial charge on any atom is -0.493 e. The van der Waals surface area contributed by atoms with Gasteiger partial charge < -0.3 is 19.3 Å². The highest BCUT2D eigenvalue weighted by molar-refractivity contribution is 6.31. The summed E-state index contributed by atoms with van der Waals surface area (Å²) in [5.41, 5.74) is -1.09. The van der Waals surface area contributed by atoms with E-state index in [1.165, 1.54) is 89.7 Å². The molecule has 2 aromatic carbocycles. The van der Waals surface area contributed by atoms with Gasteiger partial charge in [0.15, 0.2) is 5.78 Å². The van der Waals surface area contributed by atoms with Crippen molar-refractivity contribution in [3.8, 4) is 17.2 Å². The van der Waals surface area contributed by atoms with Crippen molar-refractivity contribution in [2.24, 2.45) is 0 Å². The fraction of sp³-hybridized carbons (Fsp3) is 0.514. The molecule has 0 spiro atoms. The lowest BCUT2D eigenvalue weighted by Gasteiger charge is -2.23. The molecule has 0 amide bonds. The molecular formula is C35H44O9. The summed E-state index contributed by atoms with van der Waals surface area (Å²) in [4.78, 5) is 62.5. The van der Waals surface area contributed by atoms with Gasteiger partial charge in [-0.1, -0.05) is 90.4 Å². The van der Waals surface area contributed by atoms with Gasteiger partial charge in [0.2, 0.25) is 5.78 Å². The third-order valence-electron chi connectivity index (χ3n) is 7.64. The molecule has 0 fully saturated rings. The number of carbonyl (C=O) groups excluding carboxylic acids is 4. The van der Waals surface area contributed by atoms with Crippen molar-refractivity contribution in [3.05, 3.63) is 52.1 Å². The maximum Gasteiger partial charge on any atom is 0.335 e. The second-order valence-electron chi connectivity index (χ2n) is 11.3. The lowest BCUT2D eigenvalue weighted by Crippen LogP contribution is -2.25. The van der Waals surface area contributed by atoms with Gasteiger partial charge in [0.1, 0.15) is 17.2 Å². The first-order chi connectivity index (χ1) is 21.1. The average molecular weight is 609 g/mol. The molecule has 1 N–H and O–H groups in total. The first kappa shape index (κ1) is 34.5. The van der Waals surface area contributed by atoms with Gasteiger partial charge in [-0.15, -0.1) is 0 Å². The third-order valence-corrected chi connectivity index (χ3v) is 7.64. The summed E-state index contributed by atoms with van der Waals surface area (Å²) in [6.07, 6.45) is 17.2. The van der Waals surface area contributed by atoms with Gasteiger partial charge >= 0.3 is 17.9 Å². The Morgan fingerprint density at radius 1 is 0.614 bits per heavy atom. The summed E-state index contributed by atoms with van der Waals surface area (Å²) in [7, 11) is 0. The maximum absolute atomic E-state index is 13.6. The van der Waals surface area contributed by atoms with E-state index in [4.69, 9.17) is 14.2 Å². The monoisotopic (exact) mass is 608 g/mol. The Balaban J connectivity index is 1.60. The number of carboxylic acid groups (broad SMARTS) is 1. The van der Waals surface area contributed by atoms with Gasteiger partial charge in [-0.05, 0) is 24.6 Å². The molecule has 0 saturated carbocycles. The van der Waals surface area contributed by atoms with Crippen molar-refractivity contribution in [1.29, 1.82) is 0 Å². The number of benzene rings is 2. The number of ether oxygens (including phenoxy) is 3. The number of esters is 2. The molecule has 0 aliphatic heterocycles. The van der Waals surface area contributed by atoms with Crippen LogP contribution < -0.4 is 14.2 Å². The number of fused-ring (bicyclic) bond motifs is 2. The number of ketones is 2. The fourth-order valence-electron chi connectivity index (χ4n) is 5.47. The quantitative estimate of drug-likeness (QED) is 0.0819. The molecular weight excluding hydrogens is 564 g/mol. The van der Waals surface area contributed by atoms with Crippen molar-refractivity contribution < 1.29 is 43.3 Å². The largest absolute Gasteiger partial charge is 0.493 e. The van der Waals surface area contributed by atoms with Crippen LogP contribution in [0.2, 0.25) is 0 Å². The molecule has 0 unspecified atom stereocenters. The molecule has 1 aliphatic carbocycles. The van der Waals surface area contributed by atoms with Crippen LogP contribution in [0.3, 0.4) is 0 Å². The smallest absolute Gasteiger partial charge is 0.335 e. The van der Waals surface area contributed by atoms with E-state index in [-0.39, 0.29) is 45.1 Å². The van der Waals surface area contributed by atoms with Gasteiger partial charge in [0.25, 0.3) is 0 Å². The summed E-state index contributed by atoms with van der Waals surface area (Å²) < 4.78 is 16.3. The molecule has 0 atom stereocenters. The number of carbonyl (C=O) groups is 5. The van der Waals surface area contributed by atoms with E-state index < -0.39 is 29.5 Å². The summed E-state index contributed by atoms with van der Waals surface area (Å²) in [5.74, 6) is -4.56. The van der Waals surface area contributed by atoms with Crippen LogP contribution in [-0.4, -0.2) is 41.2 Å². The summed E-state index contributed by atoms with van der Waals surface area (Å²) in [5, 5.41) is 9.53. The standard InChI is InChI=1S/C35H44O9/c1-4-5-6-7-8-9-10-11-12-13-14-15-16-17-18-42-26-21-28-32(30(22-26)44-24(3)37)34(39)31-27(33(28)38)19-25(35(40)41)20-29(31)43-23(2)36/h19-22H,4-18H2,1-3H3,(H,40,41). The van der Waals surface area contributed by atoms with Crippen molar-refractivity contribution >= 4 is 29.5 Å². The second kappa shape index (κ2) is 17.3. The number of aromatic carboxylic acids is 1. The maximum atomic E-state index is 13.6. The highest BCUT2D eigenvalue weighted by Crippen LogP contribution is 2.40. The normalized spacial score (nSPS) is 12.0. The highest BCUT2D eigenvalue weighted by atomic mass is 16.5. The van der Waals surface area contributed by atoms with E-state index >= 15 is 0 Å². The van der Waals surface area contributed by atoms with E-state index in [1.54, 1.807) is 0 Å². The van der Waals surface area contributed by atoms with E-state index in [0.717, 1.165) is 38.3 Å². The predicted molar refractivity (Wildman–Crippen MR) is 165 cm³/mol. The Morgan fingerprint density at radius 2 is 1.07 bits per heavy atom. The molecule has 0 radical (unpaired) electrons. The van der Waals surface area contributed by atoms with Crippen LogP contribution in [0.25, 0.3) is 0 Å². The van der Waals surface area contributed by atoms with Gasteiger partial charge in [-0.2, -0.15) is 0 Å². The van der Waals surface area contributed by atoms with Gasteiger partial charge in [-0.3, -0.25) is 19.2 Å². The fourth-order valence-corrected chi connectivity index (χ4v) is 5.47. The average Bonchev–Trinajstić information content (AvgIpc) is 2.96. The summed E-state index contributed by atoms with van der Waals surface area (Å²) in [6, 6.07) is 4.87. The summed E-state index contributed by atoms with van der Waals surface area (Å²) in [6.45, 7) is 4.87. The molecule has 9 nitrogen and oxygen atoms in total. The molecule has 0 heterocycles. The van der Waals surface area contributed by atoms with Crippen LogP contribution in [0.15, 0.2) is 24.3 Å². The lowest BCUT2D eigenvalue weighted by atomic mass is 9.82. The van der Waals surface area contributed by atoms with Crippen LogP contribution >= 0.6 is 0 Å². The van der Waals surface area contributed by atoms with Gasteiger partial charge in [0.05, 0.1) is 23.3 Å². The molecule has 1 aliphatic rings. The number of unbranched alkanes of at least 4 members (excludes halogenated alkanes) is 13. The molecule has 0 bridgehead atoms. The van der Waals surface area contributed by atoms with Crippen molar-refractivity contribution in [2.75, 3.05) is 6.61 Å². The van der Waals surface area contributed by atoms with Crippen LogP contribution in [0, 0.1) is 0 Å². The number of hydrogen-bond donors (Lipinski definition) is 1. The van der Waals surface area contributed by atoms with Crippen molar-refractivity contribution in [1.82, 2.24) is 0 Å². The number of rotatable bonds is 19. The summed E-state index contributed by atoms with van der Waals surface area (Å²) >= 11 is 0. The Morgan fingerprint density at radius 3 is 1.55 bits per heavy atom. The number of carboxylic acids is 1. The molecule has 3 rings (SSSR count). The SMILES string of the molecule is CCCCCCCCCCCCCCCCOc1cc(OC(C)=O)c2c(c1)C(=O)c1cc(C(=O)O)cc(OC(C)=O)c1C2=O. The van der Waals surface area contributed by atoms with Crippen LogP contribution in [-0.2, 0) is 9.59 Å². The number of hydrogen-bond acceptors (Lipinski definition) is 8. The van der Waals surface area contributed by atoms with Crippen LogP contribution in [0.4, 0.5) is 0 Å². The Bertz CT molecular complexity index is 1360. The molecule has 9 heteroatoms. The predicted octanol–water partition coefficient (Wildman–Crippen LogP) is 7.87. The molecule has 44 heavy (non-hydrogen) atoms. The third kappa shape index (κ3) is 9.76. The van der Waals surface area contributed by atoms with Crippen molar-refractivity contribution in [3.63, 3.8) is 0 Å². The van der Waals surface area contributed by atoms with Gasteiger partial charge in [0, 0.05) is 31.0 Å². The van der Waals surface area contributed by atoms with Crippen LogP contribution in [0.1, 0.15) is 153 Å². The second-order valence-corrected chi connectivity index (χ2v) is 11.3. The van der Waals surface area contributed by atoms with Crippen LogP contribution in [0.5, 0.6) is 17.2 Å². The van der Waals surface area contributed by atoms with Gasteiger partial charge in [-0.25, -0.2) is 4.79 Å². The highest BCUT2D eigenvalue weighted by Gasteiger charge is 2.37. The Hall–Kier alpha value is -4.01. The zero-order valence-corrected chi connectivity index (χ0v) is 26.1. The lowest BCUT2D eigenvalue weighted by molar-refractivity contribution is -0.132. The van der Waals surface area contributed by atoms with Crippen molar-refractivity contribution in [2.45, 2.75) is 111 Å². The van der Waals surface area contributed by atoms with E-state index in [0.29, 0.717) is 6.61 Å². The molecule has 0 aromatic heterocycles. The zero-order chi connectivity index (χ0) is 32.1. The Kier molecular flexibility index (Phi) is 13.6. The topological polar surface area (TPSA) is 133 Å². The molecule has 0 saturated heterocycles. The first-order valence-corrected chi connectivity index (χ1v) is 15.8. The van der Waals surface area contributed by atoms with E-state index in [9.17, 15) is 29.1 Å².